The molecule has 0 spiro atoms. The van der Waals surface area contributed by atoms with Gasteiger partial charge in [-0.15, -0.1) is 0 Å². The molecule has 6 heteroatoms. The first-order valence-corrected chi connectivity index (χ1v) is 7.39. The lowest BCUT2D eigenvalue weighted by molar-refractivity contribution is -0.137. The van der Waals surface area contributed by atoms with E-state index in [0.717, 1.165) is 12.1 Å². The minimum atomic E-state index is -4.41. The fraction of sp³-hybridized carbons (Fsp3) is 0.278. The number of carbonyl (C=O) groups is 1. The van der Waals surface area contributed by atoms with Crippen molar-refractivity contribution in [2.45, 2.75) is 26.1 Å². The summed E-state index contributed by atoms with van der Waals surface area (Å²) in [5, 5.41) is 2.78. The number of nitrogens with one attached hydrogen (secondary N) is 1. The number of hydrogen-bond donors (Lipinski definition) is 1. The van der Waals surface area contributed by atoms with Crippen LogP contribution in [0.1, 0.15) is 29.8 Å². The molecule has 0 atom stereocenters. The summed E-state index contributed by atoms with van der Waals surface area (Å²) in [7, 11) is 1.45. The molecule has 1 amide bonds. The number of halogens is 3. The van der Waals surface area contributed by atoms with Gasteiger partial charge in [-0.05, 0) is 43.7 Å². The summed E-state index contributed by atoms with van der Waals surface area (Å²) in [6, 6.07) is 9.55. The Labute approximate surface area is 138 Å². The second-order valence-electron chi connectivity index (χ2n) is 5.59. The van der Waals surface area contributed by atoms with E-state index in [1.165, 1.54) is 19.2 Å². The lowest BCUT2D eigenvalue weighted by Gasteiger charge is -2.16. The van der Waals surface area contributed by atoms with Crippen LogP contribution >= 0.6 is 0 Å². The predicted molar refractivity (Wildman–Crippen MR) is 86.0 cm³/mol. The third kappa shape index (κ3) is 3.88. The van der Waals surface area contributed by atoms with Gasteiger partial charge in [-0.3, -0.25) is 4.79 Å². The summed E-state index contributed by atoms with van der Waals surface area (Å²) in [4.78, 5) is 12.4. The second-order valence-corrected chi connectivity index (χ2v) is 5.59. The van der Waals surface area contributed by atoms with Crippen LogP contribution in [0.2, 0.25) is 0 Å². The van der Waals surface area contributed by atoms with Crippen molar-refractivity contribution in [1.29, 1.82) is 0 Å². The number of amides is 1. The van der Waals surface area contributed by atoms with Crippen molar-refractivity contribution in [3.8, 4) is 16.9 Å². The smallest absolute Gasteiger partial charge is 0.416 e. The van der Waals surface area contributed by atoms with Crippen molar-refractivity contribution < 1.29 is 22.7 Å². The van der Waals surface area contributed by atoms with Gasteiger partial charge < -0.3 is 10.1 Å². The van der Waals surface area contributed by atoms with Gasteiger partial charge in [-0.1, -0.05) is 18.2 Å². The molecule has 0 saturated heterocycles. The van der Waals surface area contributed by atoms with Crippen LogP contribution in [-0.2, 0) is 6.18 Å². The number of methoxy groups -OCH3 is 1. The van der Waals surface area contributed by atoms with Crippen LogP contribution in [-0.4, -0.2) is 19.1 Å². The van der Waals surface area contributed by atoms with Crippen LogP contribution in [0, 0.1) is 0 Å². The van der Waals surface area contributed by atoms with Gasteiger partial charge in [0.25, 0.3) is 5.91 Å². The van der Waals surface area contributed by atoms with E-state index in [-0.39, 0.29) is 11.9 Å². The molecule has 1 N–H and O–H groups in total. The molecule has 0 radical (unpaired) electrons. The van der Waals surface area contributed by atoms with Crippen LogP contribution in [0.25, 0.3) is 11.1 Å². The van der Waals surface area contributed by atoms with E-state index < -0.39 is 11.7 Å². The number of alkyl halides is 3. The van der Waals surface area contributed by atoms with Gasteiger partial charge in [-0.25, -0.2) is 0 Å². The highest BCUT2D eigenvalue weighted by atomic mass is 19.4. The van der Waals surface area contributed by atoms with E-state index in [4.69, 9.17) is 4.74 Å². The molecule has 0 fully saturated rings. The molecule has 24 heavy (non-hydrogen) atoms. The van der Waals surface area contributed by atoms with E-state index in [2.05, 4.69) is 5.32 Å². The Hall–Kier alpha value is -2.50. The summed E-state index contributed by atoms with van der Waals surface area (Å²) in [6.07, 6.45) is -4.41. The minimum Gasteiger partial charge on any atom is -0.496 e. The monoisotopic (exact) mass is 337 g/mol. The van der Waals surface area contributed by atoms with Crippen molar-refractivity contribution >= 4 is 5.91 Å². The van der Waals surface area contributed by atoms with Crippen LogP contribution in [0.3, 0.4) is 0 Å². The van der Waals surface area contributed by atoms with Crippen LogP contribution in [0.5, 0.6) is 5.75 Å². The van der Waals surface area contributed by atoms with Gasteiger partial charge in [0.2, 0.25) is 0 Å². The molecule has 0 bridgehead atoms. The average Bonchev–Trinajstić information content (AvgIpc) is 2.52. The summed E-state index contributed by atoms with van der Waals surface area (Å²) in [5.41, 5.74) is 0.554. The first-order chi connectivity index (χ1) is 11.2. The molecule has 0 heterocycles. The first kappa shape index (κ1) is 17.8. The van der Waals surface area contributed by atoms with E-state index in [1.54, 1.807) is 18.2 Å². The van der Waals surface area contributed by atoms with E-state index >= 15 is 0 Å². The zero-order chi connectivity index (χ0) is 17.9. The lowest BCUT2D eigenvalue weighted by Crippen LogP contribution is -2.30. The summed E-state index contributed by atoms with van der Waals surface area (Å²) in [6.45, 7) is 3.66. The van der Waals surface area contributed by atoms with Gasteiger partial charge >= 0.3 is 6.18 Å². The quantitative estimate of drug-likeness (QED) is 0.891. The summed E-state index contributed by atoms with van der Waals surface area (Å²) in [5.74, 6) is 0.116. The zero-order valence-electron chi connectivity index (χ0n) is 13.6. The second kappa shape index (κ2) is 6.95. The Balaban J connectivity index is 2.53. The van der Waals surface area contributed by atoms with Crippen molar-refractivity contribution in [2.75, 3.05) is 7.11 Å². The number of ether oxygens (including phenoxy) is 1. The third-order valence-electron chi connectivity index (χ3n) is 3.41. The molecule has 3 nitrogen and oxygen atoms in total. The Morgan fingerprint density at radius 2 is 1.71 bits per heavy atom. The van der Waals surface area contributed by atoms with Gasteiger partial charge in [0.05, 0.1) is 18.2 Å². The number of benzene rings is 2. The number of rotatable bonds is 4. The topological polar surface area (TPSA) is 38.3 Å². The molecular formula is C18H18F3NO2. The fourth-order valence-electron chi connectivity index (χ4n) is 2.35. The highest BCUT2D eigenvalue weighted by molar-refractivity contribution is 6.02. The average molecular weight is 337 g/mol. The van der Waals surface area contributed by atoms with E-state index in [0.29, 0.717) is 22.4 Å². The standard InChI is InChI=1S/C18H18F3NO2/c1-11(2)22-17(23)14-5-4-6-15(24-3)16(14)12-7-9-13(10-8-12)18(19,20)21/h4-11H,1-3H3,(H,22,23). The molecule has 0 aromatic heterocycles. The first-order valence-electron chi connectivity index (χ1n) is 7.39. The Kier molecular flexibility index (Phi) is 5.17. The molecule has 0 saturated carbocycles. The van der Waals surface area contributed by atoms with Crippen LogP contribution in [0.15, 0.2) is 42.5 Å². The third-order valence-corrected chi connectivity index (χ3v) is 3.41. The SMILES string of the molecule is COc1cccc(C(=O)NC(C)C)c1-c1ccc(C(F)(F)F)cc1. The Morgan fingerprint density at radius 1 is 1.08 bits per heavy atom. The molecule has 0 aliphatic carbocycles. The van der Waals surface area contributed by atoms with E-state index in [1.807, 2.05) is 13.8 Å². The lowest BCUT2D eigenvalue weighted by atomic mass is 9.96. The van der Waals surface area contributed by atoms with Gasteiger partial charge in [0, 0.05) is 11.6 Å². The Bertz CT molecular complexity index is 722. The fourth-order valence-corrected chi connectivity index (χ4v) is 2.35. The van der Waals surface area contributed by atoms with Crippen LogP contribution in [0.4, 0.5) is 13.2 Å². The molecular weight excluding hydrogens is 319 g/mol. The van der Waals surface area contributed by atoms with Gasteiger partial charge in [0.1, 0.15) is 5.75 Å². The normalized spacial score (nSPS) is 11.5. The highest BCUT2D eigenvalue weighted by Crippen LogP contribution is 2.36. The van der Waals surface area contributed by atoms with Crippen molar-refractivity contribution in [3.05, 3.63) is 53.6 Å². The zero-order valence-corrected chi connectivity index (χ0v) is 13.6. The summed E-state index contributed by atoms with van der Waals surface area (Å²) >= 11 is 0. The molecule has 2 aromatic rings. The largest absolute Gasteiger partial charge is 0.496 e. The van der Waals surface area contributed by atoms with Crippen molar-refractivity contribution in [1.82, 2.24) is 5.32 Å². The maximum Gasteiger partial charge on any atom is 0.416 e. The molecule has 128 valence electrons. The minimum absolute atomic E-state index is 0.0656. The van der Waals surface area contributed by atoms with E-state index in [9.17, 15) is 18.0 Å². The molecule has 0 aliphatic heterocycles. The molecule has 0 aliphatic rings. The summed E-state index contributed by atoms with van der Waals surface area (Å²) < 4.78 is 43.5. The molecule has 0 unspecified atom stereocenters. The van der Waals surface area contributed by atoms with Gasteiger partial charge in [-0.2, -0.15) is 13.2 Å². The highest BCUT2D eigenvalue weighted by Gasteiger charge is 2.30. The number of carbonyl (C=O) groups excluding carboxylic acids is 1. The van der Waals surface area contributed by atoms with Crippen LogP contribution < -0.4 is 10.1 Å². The van der Waals surface area contributed by atoms with Crippen molar-refractivity contribution in [2.24, 2.45) is 0 Å². The molecule has 2 rings (SSSR count). The Morgan fingerprint density at radius 3 is 2.21 bits per heavy atom. The maximum atomic E-state index is 12.7. The molecule has 2 aromatic carbocycles. The maximum absolute atomic E-state index is 12.7. The predicted octanol–water partition coefficient (Wildman–Crippen LogP) is 4.52. The van der Waals surface area contributed by atoms with Gasteiger partial charge in [0.15, 0.2) is 0 Å². The number of hydrogen-bond acceptors (Lipinski definition) is 2. The van der Waals surface area contributed by atoms with Crippen molar-refractivity contribution in [3.63, 3.8) is 0 Å².